The minimum atomic E-state index is -0.301. The van der Waals surface area contributed by atoms with E-state index in [1.54, 1.807) is 30.3 Å². The number of fused-ring (bicyclic) bond motifs is 1. The van der Waals surface area contributed by atoms with Crippen LogP contribution < -0.4 is 10.2 Å². The number of Topliss-reactive ketones (excluding diaryl/α,β-unsaturated/α-hetero) is 1. The van der Waals surface area contributed by atoms with E-state index < -0.39 is 0 Å². The lowest BCUT2D eigenvalue weighted by Gasteiger charge is -2.29. The van der Waals surface area contributed by atoms with Crippen molar-refractivity contribution in [2.75, 3.05) is 16.8 Å². The number of aryl methyl sites for hydroxylation is 1. The monoisotopic (exact) mass is 386 g/mol. The summed E-state index contributed by atoms with van der Waals surface area (Å²) in [5, 5.41) is 2.84. The van der Waals surface area contributed by atoms with E-state index in [1.165, 1.54) is 18.1 Å². The van der Waals surface area contributed by atoms with E-state index in [2.05, 4.69) is 38.4 Å². The van der Waals surface area contributed by atoms with Crippen LogP contribution in [0.2, 0.25) is 0 Å². The molecule has 1 aliphatic rings. The number of nitrogens with zero attached hydrogens (tertiary/aromatic N) is 3. The maximum atomic E-state index is 12.7. The maximum Gasteiger partial charge on any atom is 0.274 e. The second-order valence-corrected chi connectivity index (χ2v) is 7.22. The Hall–Kier alpha value is -3.54. The number of carbonyl (C=O) groups is 2. The molecular formula is C23H22N4O2. The highest BCUT2D eigenvalue weighted by Gasteiger charge is 2.20. The van der Waals surface area contributed by atoms with Gasteiger partial charge in [0.25, 0.3) is 5.91 Å². The van der Waals surface area contributed by atoms with Gasteiger partial charge in [0.15, 0.2) is 5.78 Å². The Kier molecular flexibility index (Phi) is 5.08. The molecule has 3 aromatic rings. The number of benzene rings is 2. The van der Waals surface area contributed by atoms with E-state index >= 15 is 0 Å². The van der Waals surface area contributed by atoms with Gasteiger partial charge in [-0.05, 0) is 61.7 Å². The number of carbonyl (C=O) groups excluding carboxylic acids is 2. The molecule has 1 amide bonds. The second-order valence-electron chi connectivity index (χ2n) is 7.22. The van der Waals surface area contributed by atoms with Gasteiger partial charge in [0.1, 0.15) is 5.69 Å². The molecule has 0 saturated heterocycles. The fourth-order valence-electron chi connectivity index (χ4n) is 3.46. The van der Waals surface area contributed by atoms with Gasteiger partial charge in [-0.3, -0.25) is 9.59 Å². The fourth-order valence-corrected chi connectivity index (χ4v) is 3.46. The Morgan fingerprint density at radius 2 is 1.72 bits per heavy atom. The Balaban J connectivity index is 1.54. The Morgan fingerprint density at radius 1 is 1.00 bits per heavy atom. The normalized spacial score (nSPS) is 13.0. The average Bonchev–Trinajstić information content (AvgIpc) is 2.73. The van der Waals surface area contributed by atoms with Crippen LogP contribution in [0.25, 0.3) is 0 Å². The summed E-state index contributed by atoms with van der Waals surface area (Å²) >= 11 is 0. The third kappa shape index (κ3) is 4.16. The van der Waals surface area contributed by atoms with E-state index in [9.17, 15) is 9.59 Å². The molecule has 0 radical (unpaired) electrons. The van der Waals surface area contributed by atoms with E-state index in [4.69, 9.17) is 0 Å². The van der Waals surface area contributed by atoms with Crippen LogP contribution in [0.3, 0.4) is 0 Å². The van der Waals surface area contributed by atoms with Crippen LogP contribution in [0.4, 0.5) is 11.6 Å². The molecular weight excluding hydrogens is 364 g/mol. The molecule has 6 heteroatoms. The van der Waals surface area contributed by atoms with Crippen molar-refractivity contribution in [3.05, 3.63) is 82.7 Å². The predicted molar refractivity (Wildman–Crippen MR) is 112 cm³/mol. The standard InChI is InChI=1S/C23H22N4O2/c1-15-13-21(22(29)25-20-9-7-17(8-10-20)16(2)28)26-23(24-15)27-12-11-18-5-3-4-6-19(18)14-27/h3-10,13H,11-12,14H2,1-2H3,(H,25,29). The summed E-state index contributed by atoms with van der Waals surface area (Å²) in [6, 6.07) is 16.9. The van der Waals surface area contributed by atoms with Gasteiger partial charge < -0.3 is 10.2 Å². The first-order chi connectivity index (χ1) is 14.0. The molecule has 1 aliphatic heterocycles. The zero-order valence-electron chi connectivity index (χ0n) is 16.5. The van der Waals surface area contributed by atoms with Crippen LogP contribution in [-0.2, 0) is 13.0 Å². The molecule has 4 rings (SSSR count). The lowest BCUT2D eigenvalue weighted by molar-refractivity contribution is 0.101. The zero-order chi connectivity index (χ0) is 20.4. The molecule has 0 fully saturated rings. The van der Waals surface area contributed by atoms with Crippen molar-refractivity contribution >= 4 is 23.3 Å². The van der Waals surface area contributed by atoms with Gasteiger partial charge in [0, 0.05) is 30.0 Å². The van der Waals surface area contributed by atoms with Crippen LogP contribution in [0.15, 0.2) is 54.6 Å². The molecule has 146 valence electrons. The van der Waals surface area contributed by atoms with Crippen molar-refractivity contribution in [3.8, 4) is 0 Å². The van der Waals surface area contributed by atoms with Crippen molar-refractivity contribution in [2.45, 2.75) is 26.8 Å². The molecule has 0 atom stereocenters. The minimum Gasteiger partial charge on any atom is -0.336 e. The van der Waals surface area contributed by atoms with Gasteiger partial charge in [0.2, 0.25) is 5.95 Å². The largest absolute Gasteiger partial charge is 0.336 e. The van der Waals surface area contributed by atoms with Crippen molar-refractivity contribution in [3.63, 3.8) is 0 Å². The minimum absolute atomic E-state index is 0.0120. The maximum absolute atomic E-state index is 12.7. The molecule has 0 bridgehead atoms. The molecule has 2 aromatic carbocycles. The molecule has 1 N–H and O–H groups in total. The zero-order valence-corrected chi connectivity index (χ0v) is 16.5. The average molecular weight is 386 g/mol. The van der Waals surface area contributed by atoms with Gasteiger partial charge in [-0.25, -0.2) is 9.97 Å². The molecule has 0 saturated carbocycles. The molecule has 2 heterocycles. The summed E-state index contributed by atoms with van der Waals surface area (Å²) in [6.07, 6.45) is 0.928. The highest BCUT2D eigenvalue weighted by Crippen LogP contribution is 2.22. The SMILES string of the molecule is CC(=O)c1ccc(NC(=O)c2cc(C)nc(N3CCc4ccccc4C3)n2)cc1. The smallest absolute Gasteiger partial charge is 0.274 e. The van der Waals surface area contributed by atoms with E-state index in [1.807, 2.05) is 13.0 Å². The summed E-state index contributed by atoms with van der Waals surface area (Å²) in [5.74, 6) is 0.253. The van der Waals surface area contributed by atoms with Crippen molar-refractivity contribution < 1.29 is 9.59 Å². The number of amides is 1. The van der Waals surface area contributed by atoms with E-state index in [-0.39, 0.29) is 11.7 Å². The van der Waals surface area contributed by atoms with Crippen LogP contribution in [0, 0.1) is 6.92 Å². The third-order valence-electron chi connectivity index (χ3n) is 5.04. The van der Waals surface area contributed by atoms with Gasteiger partial charge >= 0.3 is 0 Å². The van der Waals surface area contributed by atoms with Gasteiger partial charge in [-0.1, -0.05) is 24.3 Å². The number of ketones is 1. The summed E-state index contributed by atoms with van der Waals surface area (Å²) in [4.78, 5) is 35.3. The van der Waals surface area contributed by atoms with E-state index in [0.717, 1.165) is 25.2 Å². The van der Waals surface area contributed by atoms with Gasteiger partial charge in [-0.15, -0.1) is 0 Å². The quantitative estimate of drug-likeness (QED) is 0.690. The lowest BCUT2D eigenvalue weighted by atomic mass is 10.0. The summed E-state index contributed by atoms with van der Waals surface area (Å²) in [6.45, 7) is 4.92. The molecule has 6 nitrogen and oxygen atoms in total. The van der Waals surface area contributed by atoms with Crippen LogP contribution >= 0.6 is 0 Å². The predicted octanol–water partition coefficient (Wildman–Crippen LogP) is 3.80. The molecule has 0 unspecified atom stereocenters. The van der Waals surface area contributed by atoms with Gasteiger partial charge in [-0.2, -0.15) is 0 Å². The molecule has 1 aromatic heterocycles. The summed E-state index contributed by atoms with van der Waals surface area (Å²) in [5.41, 5.74) is 4.90. The number of nitrogens with one attached hydrogen (secondary N) is 1. The first-order valence-corrected chi connectivity index (χ1v) is 9.59. The lowest BCUT2D eigenvalue weighted by Crippen LogP contribution is -2.32. The number of anilines is 2. The number of aromatic nitrogens is 2. The summed E-state index contributed by atoms with van der Waals surface area (Å²) < 4.78 is 0. The number of hydrogen-bond acceptors (Lipinski definition) is 5. The highest BCUT2D eigenvalue weighted by molar-refractivity contribution is 6.03. The van der Waals surface area contributed by atoms with Crippen molar-refractivity contribution in [1.29, 1.82) is 0 Å². The molecule has 29 heavy (non-hydrogen) atoms. The van der Waals surface area contributed by atoms with Crippen LogP contribution in [0.1, 0.15) is 44.6 Å². The summed E-state index contributed by atoms with van der Waals surface area (Å²) in [7, 11) is 0. The molecule has 0 aliphatic carbocycles. The Morgan fingerprint density at radius 3 is 2.45 bits per heavy atom. The second kappa shape index (κ2) is 7.83. The molecule has 0 spiro atoms. The first kappa shape index (κ1) is 18.8. The van der Waals surface area contributed by atoms with Crippen molar-refractivity contribution in [2.24, 2.45) is 0 Å². The van der Waals surface area contributed by atoms with E-state index in [0.29, 0.717) is 22.9 Å². The number of hydrogen-bond donors (Lipinski definition) is 1. The highest BCUT2D eigenvalue weighted by atomic mass is 16.2. The van der Waals surface area contributed by atoms with Crippen LogP contribution in [0.5, 0.6) is 0 Å². The van der Waals surface area contributed by atoms with Gasteiger partial charge in [0.05, 0.1) is 0 Å². The number of rotatable bonds is 4. The topological polar surface area (TPSA) is 75.2 Å². The van der Waals surface area contributed by atoms with Crippen LogP contribution in [-0.4, -0.2) is 28.2 Å². The van der Waals surface area contributed by atoms with Crippen molar-refractivity contribution in [1.82, 2.24) is 9.97 Å². The fraction of sp³-hybridized carbons (Fsp3) is 0.217. The Bertz CT molecular complexity index is 1080. The third-order valence-corrected chi connectivity index (χ3v) is 5.04. The Labute approximate surface area is 169 Å². The first-order valence-electron chi connectivity index (χ1n) is 9.59.